The molecular formula is C26H33ClN2O. The maximum absolute atomic E-state index is 6.15. The fourth-order valence-electron chi connectivity index (χ4n) is 3.54. The summed E-state index contributed by atoms with van der Waals surface area (Å²) >= 11 is 6.15. The van der Waals surface area contributed by atoms with E-state index in [1.807, 2.05) is 24.3 Å². The van der Waals surface area contributed by atoms with Gasteiger partial charge in [0.2, 0.25) is 5.90 Å². The topological polar surface area (TPSA) is 34.0 Å². The quantitative estimate of drug-likeness (QED) is 0.456. The van der Waals surface area contributed by atoms with Crippen LogP contribution in [0.25, 0.3) is 0 Å². The highest BCUT2D eigenvalue weighted by Gasteiger charge is 2.32. The van der Waals surface area contributed by atoms with Crippen molar-refractivity contribution < 1.29 is 4.74 Å². The summed E-state index contributed by atoms with van der Waals surface area (Å²) in [5.74, 6) is 1.34. The number of halogens is 1. The lowest BCUT2D eigenvalue weighted by molar-refractivity contribution is 0.237. The molecule has 4 heteroatoms. The van der Waals surface area contributed by atoms with Crippen LogP contribution in [-0.4, -0.2) is 24.3 Å². The lowest BCUT2D eigenvalue weighted by atomic mass is 9.88. The molecule has 0 spiro atoms. The number of para-hydroxylation sites is 1. The van der Waals surface area contributed by atoms with Crippen LogP contribution in [0.2, 0.25) is 5.02 Å². The van der Waals surface area contributed by atoms with Crippen LogP contribution in [0.5, 0.6) is 0 Å². The zero-order chi connectivity index (χ0) is 22.1. The average Bonchev–Trinajstić information content (AvgIpc) is 3.17. The van der Waals surface area contributed by atoms with Gasteiger partial charge < -0.3 is 4.74 Å². The highest BCUT2D eigenvalue weighted by Crippen LogP contribution is 2.36. The Hall–Kier alpha value is -2.13. The van der Waals surface area contributed by atoms with Crippen LogP contribution in [0.3, 0.4) is 0 Å². The van der Waals surface area contributed by atoms with E-state index in [9.17, 15) is 0 Å². The summed E-state index contributed by atoms with van der Waals surface area (Å²) < 4.78 is 6.10. The first-order chi connectivity index (χ1) is 14.1. The van der Waals surface area contributed by atoms with E-state index >= 15 is 0 Å². The van der Waals surface area contributed by atoms with E-state index in [2.05, 4.69) is 66.7 Å². The van der Waals surface area contributed by atoms with E-state index in [4.69, 9.17) is 26.3 Å². The molecule has 0 amide bonds. The minimum Gasteiger partial charge on any atom is -0.474 e. The predicted molar refractivity (Wildman–Crippen MR) is 129 cm³/mol. The first kappa shape index (κ1) is 22.6. The molecule has 0 aliphatic carbocycles. The number of aliphatic imine (C=N–C) groups is 2. The molecule has 0 fully saturated rings. The highest BCUT2D eigenvalue weighted by molar-refractivity contribution is 6.46. The molecule has 1 aliphatic heterocycles. The third-order valence-corrected chi connectivity index (χ3v) is 5.79. The summed E-state index contributed by atoms with van der Waals surface area (Å²) in [4.78, 5) is 10.2. The van der Waals surface area contributed by atoms with Gasteiger partial charge in [-0.1, -0.05) is 90.4 Å². The zero-order valence-electron chi connectivity index (χ0n) is 19.2. The third kappa shape index (κ3) is 4.95. The molecule has 3 nitrogen and oxygen atoms in total. The van der Waals surface area contributed by atoms with E-state index in [-0.39, 0.29) is 11.5 Å². The van der Waals surface area contributed by atoms with E-state index in [1.54, 1.807) is 0 Å². The van der Waals surface area contributed by atoms with Crippen molar-refractivity contribution in [3.8, 4) is 0 Å². The molecule has 1 heterocycles. The van der Waals surface area contributed by atoms with Gasteiger partial charge in [-0.05, 0) is 40.5 Å². The van der Waals surface area contributed by atoms with Crippen molar-refractivity contribution in [1.82, 2.24) is 0 Å². The smallest absolute Gasteiger partial charge is 0.236 e. The van der Waals surface area contributed by atoms with Gasteiger partial charge in [0.15, 0.2) is 0 Å². The molecule has 0 aromatic heterocycles. The second kappa shape index (κ2) is 8.93. The largest absolute Gasteiger partial charge is 0.474 e. The van der Waals surface area contributed by atoms with Gasteiger partial charge in [0.05, 0.1) is 11.7 Å². The van der Waals surface area contributed by atoms with Gasteiger partial charge in [-0.2, -0.15) is 0 Å². The molecule has 0 radical (unpaired) electrons. The molecule has 0 unspecified atom stereocenters. The molecule has 3 rings (SSSR count). The Morgan fingerprint density at radius 3 is 2.03 bits per heavy atom. The molecule has 0 saturated heterocycles. The average molecular weight is 425 g/mol. The van der Waals surface area contributed by atoms with Crippen molar-refractivity contribution in [2.24, 2.45) is 15.4 Å². The molecule has 0 N–H and O–H groups in total. The van der Waals surface area contributed by atoms with Crippen LogP contribution < -0.4 is 0 Å². The molecule has 0 bridgehead atoms. The molecule has 0 saturated carbocycles. The van der Waals surface area contributed by atoms with Gasteiger partial charge in [-0.3, -0.25) is 0 Å². The number of benzene rings is 2. The van der Waals surface area contributed by atoms with Crippen LogP contribution in [0.4, 0.5) is 5.69 Å². The van der Waals surface area contributed by atoms with E-state index in [0.29, 0.717) is 29.4 Å². The molecule has 1 aliphatic rings. The SMILES string of the molecule is CC(C)c1cccc(C(C)C)c1N=C(C1=N[C@@H](C(C)(C)C)CO1)c1ccc(Cl)cc1. The van der Waals surface area contributed by atoms with Crippen molar-refractivity contribution in [2.45, 2.75) is 66.3 Å². The van der Waals surface area contributed by atoms with E-state index < -0.39 is 0 Å². The Balaban J connectivity index is 2.22. The van der Waals surface area contributed by atoms with Crippen molar-refractivity contribution in [1.29, 1.82) is 0 Å². The maximum atomic E-state index is 6.15. The first-order valence-electron chi connectivity index (χ1n) is 10.8. The van der Waals surface area contributed by atoms with Gasteiger partial charge >= 0.3 is 0 Å². The van der Waals surface area contributed by atoms with Crippen molar-refractivity contribution in [3.63, 3.8) is 0 Å². The first-order valence-corrected chi connectivity index (χ1v) is 11.1. The van der Waals surface area contributed by atoms with Gasteiger partial charge in [-0.15, -0.1) is 0 Å². The van der Waals surface area contributed by atoms with Crippen LogP contribution >= 0.6 is 11.6 Å². The number of nitrogens with zero attached hydrogens (tertiary/aromatic N) is 2. The molecule has 1 atom stereocenters. The molecular weight excluding hydrogens is 392 g/mol. The maximum Gasteiger partial charge on any atom is 0.236 e. The van der Waals surface area contributed by atoms with Crippen molar-refractivity contribution in [2.75, 3.05) is 6.61 Å². The number of rotatable bonds is 5. The van der Waals surface area contributed by atoms with Crippen LogP contribution in [0.1, 0.15) is 77.0 Å². The summed E-state index contributed by atoms with van der Waals surface area (Å²) in [6, 6.07) is 14.3. The van der Waals surface area contributed by atoms with Crippen LogP contribution in [0.15, 0.2) is 52.4 Å². The highest BCUT2D eigenvalue weighted by atomic mass is 35.5. The minimum atomic E-state index is 0.0335. The Bertz CT molecular complexity index is 924. The summed E-state index contributed by atoms with van der Waals surface area (Å²) in [5, 5.41) is 0.699. The number of hydrogen-bond acceptors (Lipinski definition) is 3. The van der Waals surface area contributed by atoms with Gasteiger partial charge in [0.1, 0.15) is 12.3 Å². The lowest BCUT2D eigenvalue weighted by Crippen LogP contribution is -2.25. The second-order valence-electron chi connectivity index (χ2n) is 9.69. The Kier molecular flexibility index (Phi) is 6.71. The number of ether oxygens (including phenoxy) is 1. The zero-order valence-corrected chi connectivity index (χ0v) is 19.9. The van der Waals surface area contributed by atoms with Gasteiger partial charge in [-0.25, -0.2) is 9.98 Å². The lowest BCUT2D eigenvalue weighted by Gasteiger charge is -2.21. The number of hydrogen-bond donors (Lipinski definition) is 0. The Labute approximate surface area is 186 Å². The minimum absolute atomic E-state index is 0.0335. The van der Waals surface area contributed by atoms with Crippen molar-refractivity contribution >= 4 is 28.9 Å². The fourth-order valence-corrected chi connectivity index (χ4v) is 3.67. The van der Waals surface area contributed by atoms with Crippen LogP contribution in [0, 0.1) is 5.41 Å². The predicted octanol–water partition coefficient (Wildman–Crippen LogP) is 7.55. The Morgan fingerprint density at radius 2 is 1.57 bits per heavy atom. The standard InChI is InChI=1S/C26H33ClN2O/c1-16(2)20-9-8-10-21(17(3)4)24(20)29-23(18-11-13-19(27)14-12-18)25-28-22(15-30-25)26(5,6)7/h8-14,16-17,22H,15H2,1-7H3/t22-/m1/s1. The monoisotopic (exact) mass is 424 g/mol. The second-order valence-corrected chi connectivity index (χ2v) is 10.1. The van der Waals surface area contributed by atoms with Gasteiger partial charge in [0, 0.05) is 10.6 Å². The molecule has 160 valence electrons. The fraction of sp³-hybridized carbons (Fsp3) is 0.462. The normalized spacial score (nSPS) is 17.5. The molecule has 2 aromatic rings. The molecule has 30 heavy (non-hydrogen) atoms. The van der Waals surface area contributed by atoms with E-state index in [0.717, 1.165) is 17.0 Å². The summed E-state index contributed by atoms with van der Waals surface area (Å²) in [7, 11) is 0. The van der Waals surface area contributed by atoms with Gasteiger partial charge in [0.25, 0.3) is 0 Å². The summed E-state index contributed by atoms with van der Waals surface area (Å²) in [6.07, 6.45) is 0. The van der Waals surface area contributed by atoms with E-state index in [1.165, 1.54) is 11.1 Å². The summed E-state index contributed by atoms with van der Waals surface area (Å²) in [5.41, 5.74) is 5.26. The molecule has 2 aromatic carbocycles. The van der Waals surface area contributed by atoms with Crippen molar-refractivity contribution in [3.05, 3.63) is 64.2 Å². The van der Waals surface area contributed by atoms with Crippen LogP contribution in [-0.2, 0) is 4.74 Å². The summed E-state index contributed by atoms with van der Waals surface area (Å²) in [6.45, 7) is 16.0. The Morgan fingerprint density at radius 1 is 1.00 bits per heavy atom. The third-order valence-electron chi connectivity index (χ3n) is 5.54.